The number of hydrogen-bond acceptors (Lipinski definition) is 4. The van der Waals surface area contributed by atoms with Crippen molar-refractivity contribution in [2.45, 2.75) is 19.4 Å². The Bertz CT molecular complexity index is 1040. The van der Waals surface area contributed by atoms with E-state index in [2.05, 4.69) is 10.6 Å². The lowest BCUT2D eigenvalue weighted by Gasteiger charge is -2.18. The third-order valence-corrected chi connectivity index (χ3v) is 4.56. The molecule has 31 heavy (non-hydrogen) atoms. The van der Waals surface area contributed by atoms with Crippen LogP contribution in [-0.2, 0) is 20.7 Å². The number of amides is 2. The van der Waals surface area contributed by atoms with E-state index in [-0.39, 0.29) is 12.3 Å². The Labute approximate surface area is 181 Å². The molecule has 3 aromatic carbocycles. The standard InChI is InChI=1S/C25H24N2O4/c1-18-9-8-14-21(15-18)26-23(28)17-31-25(30)22(16-19-10-4-2-5-11-19)27-24(29)20-12-6-3-7-13-20/h2-15,22H,16-17H2,1H3,(H,26,28)(H,27,29)/t22-/m0/s1. The van der Waals surface area contributed by atoms with Crippen LogP contribution >= 0.6 is 0 Å². The fourth-order valence-corrected chi connectivity index (χ4v) is 3.03. The number of benzene rings is 3. The van der Waals surface area contributed by atoms with Gasteiger partial charge in [0.25, 0.3) is 11.8 Å². The van der Waals surface area contributed by atoms with Crippen molar-refractivity contribution in [1.82, 2.24) is 5.32 Å². The summed E-state index contributed by atoms with van der Waals surface area (Å²) in [6.45, 7) is 1.47. The average molecular weight is 416 g/mol. The molecule has 3 aromatic rings. The highest BCUT2D eigenvalue weighted by atomic mass is 16.5. The summed E-state index contributed by atoms with van der Waals surface area (Å²) in [5, 5.41) is 5.41. The van der Waals surface area contributed by atoms with Crippen molar-refractivity contribution in [3.05, 3.63) is 102 Å². The number of esters is 1. The quantitative estimate of drug-likeness (QED) is 0.551. The smallest absolute Gasteiger partial charge is 0.329 e. The third-order valence-electron chi connectivity index (χ3n) is 4.56. The molecule has 0 spiro atoms. The molecule has 0 radical (unpaired) electrons. The van der Waals surface area contributed by atoms with Gasteiger partial charge in [-0.15, -0.1) is 0 Å². The molecule has 0 saturated heterocycles. The second-order valence-corrected chi connectivity index (χ2v) is 7.11. The highest BCUT2D eigenvalue weighted by molar-refractivity contribution is 5.97. The highest BCUT2D eigenvalue weighted by Gasteiger charge is 2.24. The summed E-state index contributed by atoms with van der Waals surface area (Å²) >= 11 is 0. The lowest BCUT2D eigenvalue weighted by Crippen LogP contribution is -2.44. The van der Waals surface area contributed by atoms with Crippen LogP contribution in [-0.4, -0.2) is 30.4 Å². The average Bonchev–Trinajstić information content (AvgIpc) is 2.78. The molecule has 3 rings (SSSR count). The third kappa shape index (κ3) is 6.82. The Morgan fingerprint density at radius 2 is 1.55 bits per heavy atom. The van der Waals surface area contributed by atoms with Crippen molar-refractivity contribution in [3.63, 3.8) is 0 Å². The zero-order chi connectivity index (χ0) is 22.1. The number of nitrogens with one attached hydrogen (secondary N) is 2. The number of carbonyl (C=O) groups excluding carboxylic acids is 3. The summed E-state index contributed by atoms with van der Waals surface area (Å²) in [5.41, 5.74) is 2.92. The van der Waals surface area contributed by atoms with Gasteiger partial charge in [-0.25, -0.2) is 4.79 Å². The van der Waals surface area contributed by atoms with Gasteiger partial charge in [-0.2, -0.15) is 0 Å². The van der Waals surface area contributed by atoms with Crippen LogP contribution in [0.25, 0.3) is 0 Å². The summed E-state index contributed by atoms with van der Waals surface area (Å²) in [5.74, 6) is -1.51. The van der Waals surface area contributed by atoms with Crippen LogP contribution in [0.3, 0.4) is 0 Å². The van der Waals surface area contributed by atoms with E-state index in [0.717, 1.165) is 11.1 Å². The van der Waals surface area contributed by atoms with Crippen LogP contribution in [0.2, 0.25) is 0 Å². The number of aryl methyl sites for hydroxylation is 1. The maximum Gasteiger partial charge on any atom is 0.329 e. The van der Waals surface area contributed by atoms with E-state index in [0.29, 0.717) is 11.3 Å². The molecule has 0 saturated carbocycles. The van der Waals surface area contributed by atoms with E-state index in [1.165, 1.54) is 0 Å². The lowest BCUT2D eigenvalue weighted by molar-refractivity contribution is -0.149. The van der Waals surface area contributed by atoms with Crippen LogP contribution < -0.4 is 10.6 Å². The molecule has 2 N–H and O–H groups in total. The summed E-state index contributed by atoms with van der Waals surface area (Å²) in [4.78, 5) is 37.4. The first-order chi connectivity index (χ1) is 15.0. The van der Waals surface area contributed by atoms with Crippen molar-refractivity contribution < 1.29 is 19.1 Å². The van der Waals surface area contributed by atoms with Crippen LogP contribution in [0, 0.1) is 6.92 Å². The van der Waals surface area contributed by atoms with Gasteiger partial charge in [0.15, 0.2) is 6.61 Å². The van der Waals surface area contributed by atoms with E-state index in [1.807, 2.05) is 55.5 Å². The SMILES string of the molecule is Cc1cccc(NC(=O)COC(=O)[C@H](Cc2ccccc2)NC(=O)c2ccccc2)c1. The molecule has 0 fully saturated rings. The van der Waals surface area contributed by atoms with Gasteiger partial charge < -0.3 is 15.4 Å². The number of rotatable bonds is 8. The van der Waals surface area contributed by atoms with Gasteiger partial charge in [-0.05, 0) is 42.3 Å². The van der Waals surface area contributed by atoms with Gasteiger partial charge in [0.1, 0.15) is 6.04 Å². The lowest BCUT2D eigenvalue weighted by atomic mass is 10.1. The number of ether oxygens (including phenoxy) is 1. The number of carbonyl (C=O) groups is 3. The van der Waals surface area contributed by atoms with Gasteiger partial charge in [0, 0.05) is 17.7 Å². The number of hydrogen-bond donors (Lipinski definition) is 2. The molecule has 6 heteroatoms. The van der Waals surface area contributed by atoms with E-state index < -0.39 is 24.5 Å². The molecular weight excluding hydrogens is 392 g/mol. The predicted molar refractivity (Wildman–Crippen MR) is 119 cm³/mol. The monoisotopic (exact) mass is 416 g/mol. The minimum absolute atomic E-state index is 0.248. The molecule has 1 atom stereocenters. The van der Waals surface area contributed by atoms with Crippen molar-refractivity contribution in [2.24, 2.45) is 0 Å². The highest BCUT2D eigenvalue weighted by Crippen LogP contribution is 2.10. The molecule has 0 heterocycles. The second kappa shape index (κ2) is 10.7. The Morgan fingerprint density at radius 3 is 2.23 bits per heavy atom. The Kier molecular flexibility index (Phi) is 7.54. The normalized spacial score (nSPS) is 11.3. The van der Waals surface area contributed by atoms with Crippen LogP contribution in [0.1, 0.15) is 21.5 Å². The zero-order valence-corrected chi connectivity index (χ0v) is 17.2. The van der Waals surface area contributed by atoms with Crippen LogP contribution in [0.15, 0.2) is 84.9 Å². The minimum atomic E-state index is -0.929. The summed E-state index contributed by atoms with van der Waals surface area (Å²) in [6, 6.07) is 24.3. The Morgan fingerprint density at radius 1 is 0.871 bits per heavy atom. The van der Waals surface area contributed by atoms with Gasteiger partial charge in [0.2, 0.25) is 0 Å². The predicted octanol–water partition coefficient (Wildman–Crippen LogP) is 3.52. The Hall–Kier alpha value is -3.93. The topological polar surface area (TPSA) is 84.5 Å². The van der Waals surface area contributed by atoms with Crippen LogP contribution in [0.4, 0.5) is 5.69 Å². The summed E-state index contributed by atoms with van der Waals surface area (Å²) < 4.78 is 5.21. The van der Waals surface area contributed by atoms with Crippen LogP contribution in [0.5, 0.6) is 0 Å². The van der Waals surface area contributed by atoms with Gasteiger partial charge in [-0.1, -0.05) is 60.7 Å². The van der Waals surface area contributed by atoms with E-state index in [4.69, 9.17) is 4.74 Å². The fraction of sp³-hybridized carbons (Fsp3) is 0.160. The van der Waals surface area contributed by atoms with Crippen molar-refractivity contribution in [1.29, 1.82) is 0 Å². The molecule has 0 aromatic heterocycles. The molecule has 0 aliphatic carbocycles. The fourth-order valence-electron chi connectivity index (χ4n) is 3.03. The largest absolute Gasteiger partial charge is 0.454 e. The van der Waals surface area contributed by atoms with E-state index in [9.17, 15) is 14.4 Å². The summed E-state index contributed by atoms with van der Waals surface area (Å²) in [7, 11) is 0. The minimum Gasteiger partial charge on any atom is -0.454 e. The first-order valence-corrected chi connectivity index (χ1v) is 9.94. The van der Waals surface area contributed by atoms with Crippen molar-refractivity contribution in [3.8, 4) is 0 Å². The number of anilines is 1. The van der Waals surface area contributed by atoms with Gasteiger partial charge in [-0.3, -0.25) is 9.59 Å². The molecule has 0 unspecified atom stereocenters. The molecule has 158 valence electrons. The molecule has 0 aliphatic rings. The van der Waals surface area contributed by atoms with E-state index >= 15 is 0 Å². The van der Waals surface area contributed by atoms with Gasteiger partial charge >= 0.3 is 5.97 Å². The first kappa shape index (κ1) is 21.8. The summed E-state index contributed by atoms with van der Waals surface area (Å²) in [6.07, 6.45) is 0.248. The zero-order valence-electron chi connectivity index (χ0n) is 17.2. The van der Waals surface area contributed by atoms with Crippen molar-refractivity contribution in [2.75, 3.05) is 11.9 Å². The van der Waals surface area contributed by atoms with Gasteiger partial charge in [0.05, 0.1) is 0 Å². The second-order valence-electron chi connectivity index (χ2n) is 7.11. The molecule has 6 nitrogen and oxygen atoms in total. The maximum atomic E-state index is 12.7. The maximum absolute atomic E-state index is 12.7. The van der Waals surface area contributed by atoms with E-state index in [1.54, 1.807) is 36.4 Å². The molecule has 0 bridgehead atoms. The van der Waals surface area contributed by atoms with Crippen molar-refractivity contribution >= 4 is 23.5 Å². The Balaban J connectivity index is 1.63. The first-order valence-electron chi connectivity index (χ1n) is 9.94. The molecule has 0 aliphatic heterocycles. The molecular formula is C25H24N2O4. The molecule has 2 amide bonds.